The molecule has 7 nitrogen and oxygen atoms in total. The van der Waals surface area contributed by atoms with Gasteiger partial charge in [0.2, 0.25) is 5.91 Å². The molecule has 150 valence electrons. The van der Waals surface area contributed by atoms with Crippen molar-refractivity contribution in [2.24, 2.45) is 0 Å². The minimum atomic E-state index is -0.406. The maximum absolute atomic E-state index is 12.7. The van der Waals surface area contributed by atoms with Crippen molar-refractivity contribution in [3.63, 3.8) is 0 Å². The summed E-state index contributed by atoms with van der Waals surface area (Å²) in [5, 5.41) is 21.7. The van der Waals surface area contributed by atoms with E-state index in [4.69, 9.17) is 17.0 Å². The Hall–Kier alpha value is -3.04. The summed E-state index contributed by atoms with van der Waals surface area (Å²) in [4.78, 5) is 26.6. The second kappa shape index (κ2) is 8.97. The Morgan fingerprint density at radius 2 is 1.97 bits per heavy atom. The van der Waals surface area contributed by atoms with E-state index >= 15 is 0 Å². The lowest BCUT2D eigenvalue weighted by atomic mass is 10.2. The summed E-state index contributed by atoms with van der Waals surface area (Å²) in [6, 6.07) is 10.8. The first-order valence-electron chi connectivity index (χ1n) is 8.67. The molecule has 1 fully saturated rings. The number of amides is 2. The van der Waals surface area contributed by atoms with Crippen molar-refractivity contribution in [3.05, 3.63) is 52.9 Å². The Morgan fingerprint density at radius 1 is 1.24 bits per heavy atom. The number of carbonyl (C=O) groups is 2. The molecule has 2 aromatic rings. The van der Waals surface area contributed by atoms with Gasteiger partial charge in [-0.05, 0) is 55.0 Å². The molecule has 29 heavy (non-hydrogen) atoms. The Kier molecular flexibility index (Phi) is 6.40. The van der Waals surface area contributed by atoms with Crippen molar-refractivity contribution in [2.45, 2.75) is 6.92 Å². The number of hydrogen-bond donors (Lipinski definition) is 3. The van der Waals surface area contributed by atoms with Crippen LogP contribution in [0.2, 0.25) is 0 Å². The SMILES string of the molecule is CCOc1cc(/C=C2\SC(=S)N(CC(=O)Nc3ccc(O)cc3)C2=O)ccc1O. The number of rotatable bonds is 6. The highest BCUT2D eigenvalue weighted by atomic mass is 32.2. The summed E-state index contributed by atoms with van der Waals surface area (Å²) in [5.74, 6) is -0.345. The summed E-state index contributed by atoms with van der Waals surface area (Å²) in [7, 11) is 0. The number of hydrogen-bond acceptors (Lipinski definition) is 7. The molecule has 3 N–H and O–H groups in total. The average molecular weight is 431 g/mol. The predicted octanol–water partition coefficient (Wildman–Crippen LogP) is 3.34. The number of phenolic OH excluding ortho intramolecular Hbond substituents is 2. The van der Waals surface area contributed by atoms with Crippen molar-refractivity contribution < 1.29 is 24.5 Å². The number of anilines is 1. The van der Waals surface area contributed by atoms with Crippen molar-refractivity contribution in [3.8, 4) is 17.2 Å². The lowest BCUT2D eigenvalue weighted by Crippen LogP contribution is -2.36. The highest BCUT2D eigenvalue weighted by Gasteiger charge is 2.33. The molecule has 1 aliphatic heterocycles. The quantitative estimate of drug-likeness (QED) is 0.367. The average Bonchev–Trinajstić information content (AvgIpc) is 2.94. The number of ether oxygens (including phenoxy) is 1. The number of aromatic hydroxyl groups is 2. The van der Waals surface area contributed by atoms with Crippen LogP contribution < -0.4 is 10.1 Å². The van der Waals surface area contributed by atoms with Gasteiger partial charge in [0.15, 0.2) is 11.5 Å². The monoisotopic (exact) mass is 430 g/mol. The summed E-state index contributed by atoms with van der Waals surface area (Å²) in [6.07, 6.45) is 1.64. The first kappa shape index (κ1) is 20.7. The van der Waals surface area contributed by atoms with Crippen molar-refractivity contribution in [2.75, 3.05) is 18.5 Å². The van der Waals surface area contributed by atoms with Crippen LogP contribution in [0.5, 0.6) is 17.2 Å². The zero-order valence-corrected chi connectivity index (χ0v) is 17.0. The number of benzene rings is 2. The van der Waals surface area contributed by atoms with Gasteiger partial charge in [-0.25, -0.2) is 0 Å². The van der Waals surface area contributed by atoms with Crippen molar-refractivity contribution >= 4 is 51.9 Å². The molecule has 2 aromatic carbocycles. The van der Waals surface area contributed by atoms with Gasteiger partial charge in [-0.3, -0.25) is 14.5 Å². The lowest BCUT2D eigenvalue weighted by molar-refractivity contribution is -0.126. The number of nitrogens with zero attached hydrogens (tertiary/aromatic N) is 1. The maximum atomic E-state index is 12.7. The number of phenols is 2. The molecule has 0 atom stereocenters. The van der Waals surface area contributed by atoms with Crippen LogP contribution in [0, 0.1) is 0 Å². The first-order chi connectivity index (χ1) is 13.9. The second-order valence-electron chi connectivity index (χ2n) is 6.02. The molecule has 1 heterocycles. The Bertz CT molecular complexity index is 989. The highest BCUT2D eigenvalue weighted by Crippen LogP contribution is 2.34. The van der Waals surface area contributed by atoms with Gasteiger partial charge in [-0.15, -0.1) is 0 Å². The lowest BCUT2D eigenvalue weighted by Gasteiger charge is -2.14. The van der Waals surface area contributed by atoms with E-state index < -0.39 is 5.91 Å². The smallest absolute Gasteiger partial charge is 0.266 e. The van der Waals surface area contributed by atoms with Gasteiger partial charge in [0.05, 0.1) is 11.5 Å². The molecule has 3 rings (SSSR count). The summed E-state index contributed by atoms with van der Waals surface area (Å²) >= 11 is 6.35. The van der Waals surface area contributed by atoms with Crippen molar-refractivity contribution in [1.82, 2.24) is 4.90 Å². The van der Waals surface area contributed by atoms with Gasteiger partial charge in [-0.1, -0.05) is 30.0 Å². The summed E-state index contributed by atoms with van der Waals surface area (Å²) < 4.78 is 5.63. The maximum Gasteiger partial charge on any atom is 0.266 e. The van der Waals surface area contributed by atoms with Crippen LogP contribution in [0.25, 0.3) is 6.08 Å². The van der Waals surface area contributed by atoms with Crippen molar-refractivity contribution in [1.29, 1.82) is 0 Å². The molecule has 0 unspecified atom stereocenters. The third-order valence-corrected chi connectivity index (χ3v) is 5.29. The van der Waals surface area contributed by atoms with E-state index in [2.05, 4.69) is 5.32 Å². The highest BCUT2D eigenvalue weighted by molar-refractivity contribution is 8.26. The van der Waals surface area contributed by atoms with Gasteiger partial charge >= 0.3 is 0 Å². The largest absolute Gasteiger partial charge is 0.508 e. The van der Waals surface area contributed by atoms with E-state index in [-0.39, 0.29) is 28.3 Å². The topological polar surface area (TPSA) is 99.1 Å². The number of thiocarbonyl (C=S) groups is 1. The van der Waals surface area contributed by atoms with Crippen LogP contribution in [-0.4, -0.2) is 44.4 Å². The first-order valence-corrected chi connectivity index (χ1v) is 9.90. The third kappa shape index (κ3) is 5.07. The fourth-order valence-electron chi connectivity index (χ4n) is 2.57. The Morgan fingerprint density at radius 3 is 2.66 bits per heavy atom. The molecule has 0 radical (unpaired) electrons. The van der Waals surface area contributed by atoms with Crippen LogP contribution in [0.3, 0.4) is 0 Å². The molecule has 2 amide bonds. The van der Waals surface area contributed by atoms with E-state index in [0.29, 0.717) is 28.5 Å². The second-order valence-corrected chi connectivity index (χ2v) is 7.70. The summed E-state index contributed by atoms with van der Waals surface area (Å²) in [6.45, 7) is 1.98. The normalized spacial score (nSPS) is 15.1. The van der Waals surface area contributed by atoms with Crippen LogP contribution in [0.15, 0.2) is 47.4 Å². The van der Waals surface area contributed by atoms with E-state index in [1.807, 2.05) is 0 Å². The summed E-state index contributed by atoms with van der Waals surface area (Å²) in [5.41, 5.74) is 1.17. The molecule has 0 spiro atoms. The number of nitrogens with one attached hydrogen (secondary N) is 1. The molecule has 9 heteroatoms. The molecule has 1 aliphatic rings. The van der Waals surface area contributed by atoms with E-state index in [0.717, 1.165) is 11.8 Å². The van der Waals surface area contributed by atoms with Gasteiger partial charge in [-0.2, -0.15) is 0 Å². The molecular formula is C20H18N2O5S2. The van der Waals surface area contributed by atoms with Crippen LogP contribution in [-0.2, 0) is 9.59 Å². The minimum absolute atomic E-state index is 0.0162. The van der Waals surface area contributed by atoms with E-state index in [1.54, 1.807) is 37.3 Å². The molecule has 0 saturated carbocycles. The molecule has 1 saturated heterocycles. The van der Waals surface area contributed by atoms with Crippen LogP contribution in [0.4, 0.5) is 5.69 Å². The van der Waals surface area contributed by atoms with Crippen LogP contribution in [0.1, 0.15) is 12.5 Å². The van der Waals surface area contributed by atoms with E-state index in [9.17, 15) is 19.8 Å². The molecule has 0 bridgehead atoms. The van der Waals surface area contributed by atoms with Gasteiger partial charge in [0.25, 0.3) is 5.91 Å². The molecule has 0 aromatic heterocycles. The third-order valence-electron chi connectivity index (χ3n) is 3.91. The zero-order chi connectivity index (χ0) is 21.0. The fraction of sp³-hybridized carbons (Fsp3) is 0.150. The van der Waals surface area contributed by atoms with Gasteiger partial charge < -0.3 is 20.3 Å². The molecule has 0 aliphatic carbocycles. The zero-order valence-electron chi connectivity index (χ0n) is 15.4. The van der Waals surface area contributed by atoms with Crippen LogP contribution >= 0.6 is 24.0 Å². The van der Waals surface area contributed by atoms with Gasteiger partial charge in [0, 0.05) is 5.69 Å². The Labute approximate surface area is 177 Å². The minimum Gasteiger partial charge on any atom is -0.508 e. The van der Waals surface area contributed by atoms with E-state index in [1.165, 1.54) is 23.1 Å². The fourth-order valence-corrected chi connectivity index (χ4v) is 3.82. The van der Waals surface area contributed by atoms with Gasteiger partial charge in [0.1, 0.15) is 16.6 Å². The standard InChI is InChI=1S/C20H18N2O5S2/c1-2-27-16-9-12(3-8-15(16)24)10-17-19(26)22(20(28)29-17)11-18(25)21-13-4-6-14(23)7-5-13/h3-10,23-24H,2,11H2,1H3,(H,21,25)/b17-10-. The number of thioether (sulfide) groups is 1. The number of carbonyl (C=O) groups excluding carboxylic acids is 2. The predicted molar refractivity (Wildman–Crippen MR) is 116 cm³/mol. The Balaban J connectivity index is 1.70. The molecular weight excluding hydrogens is 412 g/mol.